The number of hydrogen-bond donors (Lipinski definition) is 0. The number of ether oxygens (including phenoxy) is 1. The lowest BCUT2D eigenvalue weighted by atomic mass is 10.2. The summed E-state index contributed by atoms with van der Waals surface area (Å²) in [4.78, 5) is 31.7. The second kappa shape index (κ2) is 9.23. The van der Waals surface area contributed by atoms with Gasteiger partial charge in [0.2, 0.25) is 0 Å². The van der Waals surface area contributed by atoms with Crippen molar-refractivity contribution >= 4 is 22.8 Å². The van der Waals surface area contributed by atoms with Gasteiger partial charge in [-0.15, -0.1) is 0 Å². The highest BCUT2D eigenvalue weighted by molar-refractivity contribution is 6.30. The van der Waals surface area contributed by atoms with Gasteiger partial charge in [0.1, 0.15) is 11.6 Å². The zero-order valence-electron chi connectivity index (χ0n) is 18.7. The molecule has 2 aromatic heterocycles. The molecule has 2 heterocycles. The lowest BCUT2D eigenvalue weighted by Gasteiger charge is -2.13. The van der Waals surface area contributed by atoms with Crippen molar-refractivity contribution in [1.82, 2.24) is 18.7 Å². The number of methoxy groups -OCH3 is 1. The first kappa shape index (κ1) is 22.6. The highest BCUT2D eigenvalue weighted by atomic mass is 35.5. The SMILES string of the molecule is COc1cccc(Cn2c(=O)c3c(ncn3Cc3cccc(F)c3)n(-c3cccc(Cl)c3)c2=O)c1. The molecule has 176 valence electrons. The Morgan fingerprint density at radius 1 is 0.943 bits per heavy atom. The van der Waals surface area contributed by atoms with Gasteiger partial charge in [0.05, 0.1) is 25.7 Å². The Morgan fingerprint density at radius 3 is 2.43 bits per heavy atom. The van der Waals surface area contributed by atoms with Gasteiger partial charge in [-0.3, -0.25) is 9.36 Å². The molecule has 0 aliphatic heterocycles. The number of benzene rings is 3. The van der Waals surface area contributed by atoms with E-state index in [2.05, 4.69) is 4.98 Å². The predicted octanol–water partition coefficient (Wildman–Crippen LogP) is 4.25. The first-order valence-electron chi connectivity index (χ1n) is 10.8. The van der Waals surface area contributed by atoms with Gasteiger partial charge in [0.15, 0.2) is 11.2 Å². The minimum atomic E-state index is -0.552. The summed E-state index contributed by atoms with van der Waals surface area (Å²) in [5.74, 6) is 0.237. The summed E-state index contributed by atoms with van der Waals surface area (Å²) in [5, 5.41) is 0.437. The molecule has 0 amide bonds. The van der Waals surface area contributed by atoms with E-state index in [9.17, 15) is 14.0 Å². The molecule has 0 saturated heterocycles. The van der Waals surface area contributed by atoms with Crippen LogP contribution in [0.15, 0.2) is 88.7 Å². The lowest BCUT2D eigenvalue weighted by Crippen LogP contribution is -2.40. The molecule has 0 N–H and O–H groups in total. The number of fused-ring (bicyclic) bond motifs is 1. The van der Waals surface area contributed by atoms with Crippen LogP contribution < -0.4 is 16.0 Å². The molecule has 3 aromatic carbocycles. The van der Waals surface area contributed by atoms with Gasteiger partial charge >= 0.3 is 5.69 Å². The molecule has 35 heavy (non-hydrogen) atoms. The fraction of sp³-hybridized carbons (Fsp3) is 0.115. The second-order valence-corrected chi connectivity index (χ2v) is 8.45. The summed E-state index contributed by atoms with van der Waals surface area (Å²) in [6.45, 7) is 0.229. The third-order valence-electron chi connectivity index (χ3n) is 5.68. The van der Waals surface area contributed by atoms with Crippen LogP contribution in [0, 0.1) is 5.82 Å². The zero-order chi connectivity index (χ0) is 24.5. The molecular formula is C26H20ClFN4O3. The normalized spacial score (nSPS) is 11.2. The number of imidazole rings is 1. The van der Waals surface area contributed by atoms with E-state index in [0.29, 0.717) is 22.0 Å². The molecule has 5 aromatic rings. The van der Waals surface area contributed by atoms with Crippen LogP contribution in [-0.4, -0.2) is 25.8 Å². The van der Waals surface area contributed by atoms with E-state index >= 15 is 0 Å². The molecule has 0 saturated carbocycles. The van der Waals surface area contributed by atoms with Crippen LogP contribution in [0.1, 0.15) is 11.1 Å². The molecule has 0 aliphatic carbocycles. The molecule has 0 atom stereocenters. The zero-order valence-corrected chi connectivity index (χ0v) is 19.4. The number of rotatable bonds is 6. The summed E-state index contributed by atoms with van der Waals surface area (Å²) in [5.41, 5.74) is 1.21. The predicted molar refractivity (Wildman–Crippen MR) is 132 cm³/mol. The van der Waals surface area contributed by atoms with Gasteiger partial charge in [-0.2, -0.15) is 0 Å². The smallest absolute Gasteiger partial charge is 0.337 e. The third-order valence-corrected chi connectivity index (χ3v) is 5.92. The Morgan fingerprint density at radius 2 is 1.69 bits per heavy atom. The van der Waals surface area contributed by atoms with Crippen LogP contribution in [-0.2, 0) is 13.1 Å². The molecule has 0 aliphatic rings. The Kier molecular flexibility index (Phi) is 5.96. The van der Waals surface area contributed by atoms with Crippen molar-refractivity contribution in [3.8, 4) is 11.4 Å². The Bertz CT molecular complexity index is 1670. The van der Waals surface area contributed by atoms with Crippen molar-refractivity contribution in [2.45, 2.75) is 13.1 Å². The van der Waals surface area contributed by atoms with Crippen LogP contribution in [0.5, 0.6) is 5.75 Å². The van der Waals surface area contributed by atoms with Crippen LogP contribution >= 0.6 is 11.6 Å². The van der Waals surface area contributed by atoms with Gasteiger partial charge in [-0.05, 0) is 53.6 Å². The monoisotopic (exact) mass is 490 g/mol. The van der Waals surface area contributed by atoms with E-state index in [1.54, 1.807) is 66.3 Å². The molecular weight excluding hydrogens is 471 g/mol. The first-order chi connectivity index (χ1) is 16.9. The molecule has 0 spiro atoms. The maximum atomic E-state index is 13.8. The quantitative estimate of drug-likeness (QED) is 0.357. The topological polar surface area (TPSA) is 71.1 Å². The fourth-order valence-electron chi connectivity index (χ4n) is 4.07. The molecule has 9 heteroatoms. The van der Waals surface area contributed by atoms with Gasteiger partial charge in [-0.25, -0.2) is 18.7 Å². The lowest BCUT2D eigenvalue weighted by molar-refractivity contribution is 0.414. The Labute approximate surface area is 204 Å². The number of aromatic nitrogens is 4. The van der Waals surface area contributed by atoms with Crippen LogP contribution in [0.4, 0.5) is 4.39 Å². The standard InChI is InChI=1S/C26H20ClFN4O3/c1-35-22-10-3-6-18(12-22)15-31-25(33)23-24(32(26(31)34)21-9-4-7-19(27)13-21)29-16-30(23)14-17-5-2-8-20(28)11-17/h2-13,16H,14-15H2,1H3. The van der Waals surface area contributed by atoms with Crippen LogP contribution in [0.25, 0.3) is 16.9 Å². The van der Waals surface area contributed by atoms with E-state index in [1.807, 2.05) is 6.07 Å². The maximum absolute atomic E-state index is 13.8. The highest BCUT2D eigenvalue weighted by Gasteiger charge is 2.20. The van der Waals surface area contributed by atoms with Gasteiger partial charge in [-0.1, -0.05) is 41.9 Å². The molecule has 5 rings (SSSR count). The Balaban J connectivity index is 1.75. The van der Waals surface area contributed by atoms with Gasteiger partial charge < -0.3 is 9.30 Å². The van der Waals surface area contributed by atoms with Crippen molar-refractivity contribution in [1.29, 1.82) is 0 Å². The molecule has 0 fully saturated rings. The molecule has 0 bridgehead atoms. The minimum Gasteiger partial charge on any atom is -0.497 e. The average Bonchev–Trinajstić information content (AvgIpc) is 3.25. The van der Waals surface area contributed by atoms with Crippen molar-refractivity contribution in [3.05, 3.63) is 122 Å². The summed E-state index contributed by atoms with van der Waals surface area (Å²) in [6, 6.07) is 20.0. The number of hydrogen-bond acceptors (Lipinski definition) is 4. The van der Waals surface area contributed by atoms with E-state index in [4.69, 9.17) is 16.3 Å². The minimum absolute atomic E-state index is 0.0243. The number of halogens is 2. The van der Waals surface area contributed by atoms with E-state index in [0.717, 1.165) is 10.1 Å². The second-order valence-electron chi connectivity index (χ2n) is 8.02. The highest BCUT2D eigenvalue weighted by Crippen LogP contribution is 2.19. The van der Waals surface area contributed by atoms with E-state index < -0.39 is 11.2 Å². The van der Waals surface area contributed by atoms with Crippen molar-refractivity contribution in [2.75, 3.05) is 7.11 Å². The summed E-state index contributed by atoms with van der Waals surface area (Å²) in [6.07, 6.45) is 1.48. The van der Waals surface area contributed by atoms with E-state index in [1.165, 1.54) is 23.0 Å². The summed E-state index contributed by atoms with van der Waals surface area (Å²) >= 11 is 6.20. The van der Waals surface area contributed by atoms with Gasteiger partial charge in [0, 0.05) is 11.6 Å². The first-order valence-corrected chi connectivity index (χ1v) is 11.2. The van der Waals surface area contributed by atoms with E-state index in [-0.39, 0.29) is 30.1 Å². The summed E-state index contributed by atoms with van der Waals surface area (Å²) < 4.78 is 23.2. The molecule has 0 radical (unpaired) electrons. The Hall–Kier alpha value is -4.17. The van der Waals surface area contributed by atoms with Crippen molar-refractivity contribution < 1.29 is 9.13 Å². The third kappa shape index (κ3) is 4.36. The van der Waals surface area contributed by atoms with Gasteiger partial charge in [0.25, 0.3) is 5.56 Å². The van der Waals surface area contributed by atoms with Crippen molar-refractivity contribution in [2.24, 2.45) is 0 Å². The average molecular weight is 491 g/mol. The van der Waals surface area contributed by atoms with Crippen molar-refractivity contribution in [3.63, 3.8) is 0 Å². The van der Waals surface area contributed by atoms with Crippen LogP contribution in [0.2, 0.25) is 5.02 Å². The summed E-state index contributed by atoms with van der Waals surface area (Å²) in [7, 11) is 1.55. The maximum Gasteiger partial charge on any atom is 0.337 e. The fourth-order valence-corrected chi connectivity index (χ4v) is 4.26. The number of nitrogens with zero attached hydrogens (tertiary/aromatic N) is 4. The molecule has 7 nitrogen and oxygen atoms in total. The van der Waals surface area contributed by atoms with Crippen LogP contribution in [0.3, 0.4) is 0 Å². The largest absolute Gasteiger partial charge is 0.497 e. The molecule has 0 unspecified atom stereocenters.